The summed E-state index contributed by atoms with van der Waals surface area (Å²) in [5.41, 5.74) is 14.3. The van der Waals surface area contributed by atoms with E-state index in [0.717, 1.165) is 10.6 Å². The van der Waals surface area contributed by atoms with Gasteiger partial charge in [0.1, 0.15) is 0 Å². The van der Waals surface area contributed by atoms with Gasteiger partial charge in [0.25, 0.3) is 5.91 Å². The zero-order chi connectivity index (χ0) is 13.5. The van der Waals surface area contributed by atoms with Gasteiger partial charge in [0.15, 0.2) is 0 Å². The maximum atomic E-state index is 10.3. The summed E-state index contributed by atoms with van der Waals surface area (Å²) >= 11 is 4.09. The van der Waals surface area contributed by atoms with E-state index in [2.05, 4.69) is 28.0 Å². The Balaban J connectivity index is 0.000000324. The van der Waals surface area contributed by atoms with Crippen LogP contribution in [0.5, 0.6) is 0 Å². The molecule has 2 rings (SSSR count). The van der Waals surface area contributed by atoms with Gasteiger partial charge in [0, 0.05) is 43.4 Å². The van der Waals surface area contributed by atoms with E-state index in [0.29, 0.717) is 0 Å². The minimum Gasteiger partial charge on any atom is -0.625 e. The number of rotatable bonds is 2. The van der Waals surface area contributed by atoms with Crippen LogP contribution in [-0.2, 0) is 32.7 Å². The quantitative estimate of drug-likeness (QED) is 0.355. The van der Waals surface area contributed by atoms with Crippen molar-refractivity contribution in [3.63, 3.8) is 0 Å². The fraction of sp³-hybridized carbons (Fsp3) is 0. The van der Waals surface area contributed by atoms with E-state index < -0.39 is 5.91 Å². The first kappa shape index (κ1) is 17.9. The van der Waals surface area contributed by atoms with Gasteiger partial charge in [-0.05, 0) is 6.33 Å². The Bertz CT molecular complexity index is 515. The van der Waals surface area contributed by atoms with Crippen molar-refractivity contribution in [1.82, 2.24) is 9.97 Å². The molecule has 0 unspecified atom stereocenters. The van der Waals surface area contributed by atoms with Gasteiger partial charge in [-0.2, -0.15) is 0 Å². The van der Waals surface area contributed by atoms with Crippen LogP contribution in [0.4, 0.5) is 11.5 Å². The van der Waals surface area contributed by atoms with Crippen LogP contribution < -0.4 is 22.3 Å². The number of hydrogen-bond acceptors (Lipinski definition) is 5. The normalized spacial score (nSPS) is 8.74. The van der Waals surface area contributed by atoms with Crippen molar-refractivity contribution < 1.29 is 37.5 Å². The van der Waals surface area contributed by atoms with Crippen molar-refractivity contribution in [2.24, 2.45) is 11.6 Å². The molecule has 0 saturated heterocycles. The summed E-state index contributed by atoms with van der Waals surface area (Å²) in [5.74, 6) is 4.44. The van der Waals surface area contributed by atoms with Crippen LogP contribution in [0.15, 0.2) is 35.5 Å². The van der Waals surface area contributed by atoms with E-state index in [1.807, 2.05) is 24.3 Å². The first-order chi connectivity index (χ1) is 8.54. The third-order valence-corrected chi connectivity index (χ3v) is 2.16. The average Bonchev–Trinajstić information content (AvgIpc) is 2.77. The van der Waals surface area contributed by atoms with Crippen LogP contribution in [0.2, 0.25) is 0 Å². The minimum atomic E-state index is -0.648. The topological polar surface area (TPSA) is 136 Å². The largest absolute Gasteiger partial charge is 0.625 e. The third kappa shape index (κ3) is 6.06. The van der Waals surface area contributed by atoms with Crippen LogP contribution in [0, 0.1) is 0 Å². The predicted molar refractivity (Wildman–Crippen MR) is 71.4 cm³/mol. The fourth-order valence-corrected chi connectivity index (χ4v) is 1.15. The first-order valence-electron chi connectivity index (χ1n) is 4.77. The minimum absolute atomic E-state index is 0. The molecule has 2 aromatic rings. The number of anilines is 1. The molecule has 0 spiro atoms. The molecule has 7 nitrogen and oxygen atoms in total. The summed E-state index contributed by atoms with van der Waals surface area (Å²) in [6.45, 7) is 0. The molecule has 1 heterocycles. The second-order valence-corrected chi connectivity index (χ2v) is 3.63. The maximum absolute atomic E-state index is 10.3. The SMILES string of the molecule is NC(=O)c1nc[n-]c1N.N[N-]c1ccc(S)cc1.[Y]. The van der Waals surface area contributed by atoms with Crippen LogP contribution in [0.1, 0.15) is 10.5 Å². The van der Waals surface area contributed by atoms with Gasteiger partial charge >= 0.3 is 0 Å². The molecule has 1 aromatic heterocycles. The molecule has 0 fully saturated rings. The van der Waals surface area contributed by atoms with E-state index in [9.17, 15) is 4.79 Å². The molecule has 0 aliphatic carbocycles. The van der Waals surface area contributed by atoms with Gasteiger partial charge in [-0.15, -0.1) is 18.3 Å². The number of nitrogens with zero attached hydrogens (tertiary/aromatic N) is 3. The smallest absolute Gasteiger partial charge is 0.252 e. The maximum Gasteiger partial charge on any atom is 0.252 e. The number of imidazole rings is 1. The standard InChI is InChI=1S/C6H7N2S.C4H6N4O.Y/c7-8-5-1-3-6(9)4-2-5;5-3-2(4(6)9)7-1-8-3;/h1-4,9H,7H2;1H,(H5,5,6,7,8,9);/q-1;;/p-1. The van der Waals surface area contributed by atoms with E-state index in [1.54, 1.807) is 0 Å². The molecule has 0 saturated carbocycles. The van der Waals surface area contributed by atoms with Gasteiger partial charge < -0.3 is 32.7 Å². The second kappa shape index (κ2) is 8.92. The predicted octanol–water partition coefficient (Wildman–Crippen LogP) is 0.572. The molecule has 99 valence electrons. The molecule has 0 aliphatic rings. The first-order valence-corrected chi connectivity index (χ1v) is 5.22. The second-order valence-electron chi connectivity index (χ2n) is 3.12. The number of nitrogen functional groups attached to an aromatic ring is 1. The molecule has 0 bridgehead atoms. The number of nitrogens with two attached hydrogens (primary N) is 3. The summed E-state index contributed by atoms with van der Waals surface area (Å²) < 4.78 is 0. The summed E-state index contributed by atoms with van der Waals surface area (Å²) in [5, 5.41) is 0. The third-order valence-electron chi connectivity index (χ3n) is 1.86. The summed E-state index contributed by atoms with van der Waals surface area (Å²) in [7, 11) is 0. The van der Waals surface area contributed by atoms with Gasteiger partial charge in [-0.3, -0.25) is 4.79 Å². The van der Waals surface area contributed by atoms with Crippen LogP contribution in [0.25, 0.3) is 5.43 Å². The molecule has 19 heavy (non-hydrogen) atoms. The van der Waals surface area contributed by atoms with Crippen LogP contribution in [-0.4, -0.2) is 10.9 Å². The zero-order valence-electron chi connectivity index (χ0n) is 9.89. The number of carbonyl (C=O) groups is 1. The summed E-state index contributed by atoms with van der Waals surface area (Å²) in [6.07, 6.45) is 1.19. The molecule has 1 amide bonds. The van der Waals surface area contributed by atoms with Gasteiger partial charge in [0.2, 0.25) is 0 Å². The molecular weight excluding hydrogens is 341 g/mol. The number of thiol groups is 1. The summed E-state index contributed by atoms with van der Waals surface area (Å²) in [4.78, 5) is 18.2. The molecule has 1 aromatic carbocycles. The van der Waals surface area contributed by atoms with E-state index >= 15 is 0 Å². The number of aromatic nitrogens is 2. The van der Waals surface area contributed by atoms with Crippen molar-refractivity contribution in [2.75, 3.05) is 5.73 Å². The van der Waals surface area contributed by atoms with Gasteiger partial charge in [0.05, 0.1) is 5.69 Å². The summed E-state index contributed by atoms with van der Waals surface area (Å²) in [6, 6.07) is 7.30. The molecule has 0 aliphatic heterocycles. The number of benzene rings is 1. The Morgan fingerprint density at radius 3 is 2.21 bits per heavy atom. The van der Waals surface area contributed by atoms with E-state index in [-0.39, 0.29) is 44.2 Å². The molecule has 0 atom stereocenters. The van der Waals surface area contributed by atoms with Crippen molar-refractivity contribution in [3.8, 4) is 0 Å². The molecule has 6 N–H and O–H groups in total. The van der Waals surface area contributed by atoms with Gasteiger partial charge in [-0.25, -0.2) is 0 Å². The number of primary amides is 1. The number of carbonyl (C=O) groups excluding carboxylic acids is 1. The number of hydrogen-bond donors (Lipinski definition) is 4. The molecular formula is C10H12N6OSY-2. The van der Waals surface area contributed by atoms with Crippen molar-refractivity contribution in [1.29, 1.82) is 0 Å². The van der Waals surface area contributed by atoms with E-state index in [1.165, 1.54) is 6.33 Å². The monoisotopic (exact) mass is 353 g/mol. The van der Waals surface area contributed by atoms with Crippen molar-refractivity contribution in [2.45, 2.75) is 4.90 Å². The Kier molecular flexibility index (Phi) is 8.41. The van der Waals surface area contributed by atoms with E-state index in [4.69, 9.17) is 17.3 Å². The van der Waals surface area contributed by atoms with Crippen LogP contribution >= 0.6 is 12.6 Å². The molecule has 9 heteroatoms. The van der Waals surface area contributed by atoms with Crippen molar-refractivity contribution in [3.05, 3.63) is 41.7 Å². The van der Waals surface area contributed by atoms with Gasteiger partial charge in [-0.1, -0.05) is 24.3 Å². The van der Waals surface area contributed by atoms with Crippen LogP contribution in [0.3, 0.4) is 0 Å². The van der Waals surface area contributed by atoms with Crippen molar-refractivity contribution >= 4 is 30.0 Å². The Hall–Kier alpha value is -1.09. The Morgan fingerprint density at radius 2 is 1.89 bits per heavy atom. The Morgan fingerprint density at radius 1 is 1.32 bits per heavy atom. The average molecular weight is 353 g/mol. The fourth-order valence-electron chi connectivity index (χ4n) is 1.00. The Labute approximate surface area is 141 Å². The molecule has 1 radical (unpaired) electrons. The number of amides is 1. The zero-order valence-corrected chi connectivity index (χ0v) is 13.6.